The molecule has 0 atom stereocenters. The number of piperidine rings is 1. The van der Waals surface area contributed by atoms with E-state index in [-0.39, 0.29) is 5.91 Å². The minimum absolute atomic E-state index is 0.143. The smallest absolute Gasteiger partial charge is 0.220 e. The molecule has 1 aliphatic heterocycles. The summed E-state index contributed by atoms with van der Waals surface area (Å²) in [5.74, 6) is 1.03. The van der Waals surface area contributed by atoms with E-state index in [1.807, 2.05) is 24.3 Å². The van der Waals surface area contributed by atoms with Crippen molar-refractivity contribution >= 4 is 16.7 Å². The number of allylic oxidation sites excluding steroid dienone is 1. The number of carbonyl (C=O) groups is 1. The molecule has 0 aromatic heterocycles. The molecule has 2 aromatic rings. The molecule has 0 aliphatic carbocycles. The van der Waals surface area contributed by atoms with Gasteiger partial charge in [-0.25, -0.2) is 0 Å². The van der Waals surface area contributed by atoms with Crippen molar-refractivity contribution in [3.05, 3.63) is 54.1 Å². The van der Waals surface area contributed by atoms with Gasteiger partial charge in [0.2, 0.25) is 5.91 Å². The van der Waals surface area contributed by atoms with Crippen LogP contribution in [0.2, 0.25) is 0 Å². The Bertz CT molecular complexity index is 798. The normalized spacial score (nSPS) is 15.4. The lowest BCUT2D eigenvalue weighted by Gasteiger charge is -2.31. The number of rotatable bonds is 8. The molecule has 0 radical (unpaired) electrons. The third-order valence-electron chi connectivity index (χ3n) is 5.27. The third kappa shape index (κ3) is 6.10. The number of ether oxygens (including phenoxy) is 1. The van der Waals surface area contributed by atoms with Crippen LogP contribution in [0.25, 0.3) is 10.8 Å². The number of benzene rings is 2. The Kier molecular flexibility index (Phi) is 7.49. The topological polar surface area (TPSA) is 41.6 Å². The Balaban J connectivity index is 1.34. The van der Waals surface area contributed by atoms with Crippen LogP contribution in [0.5, 0.6) is 5.75 Å². The highest BCUT2D eigenvalue weighted by Crippen LogP contribution is 2.25. The van der Waals surface area contributed by atoms with Gasteiger partial charge in [-0.3, -0.25) is 9.69 Å². The van der Waals surface area contributed by atoms with Gasteiger partial charge in [0, 0.05) is 37.5 Å². The van der Waals surface area contributed by atoms with Crippen molar-refractivity contribution in [3.63, 3.8) is 0 Å². The molecule has 1 saturated heterocycles. The largest absolute Gasteiger partial charge is 0.493 e. The van der Waals surface area contributed by atoms with Gasteiger partial charge in [0.1, 0.15) is 5.75 Å². The summed E-state index contributed by atoms with van der Waals surface area (Å²) in [6, 6.07) is 14.6. The van der Waals surface area contributed by atoms with E-state index in [4.69, 9.17) is 4.74 Å². The fourth-order valence-electron chi connectivity index (χ4n) is 3.61. The molecule has 2 aromatic carbocycles. The number of likely N-dealkylation sites (tertiary alicyclic amines) is 1. The molecule has 1 N–H and O–H groups in total. The number of nitrogens with zero attached hydrogens (tertiary/aromatic N) is 1. The van der Waals surface area contributed by atoms with E-state index in [1.54, 1.807) is 0 Å². The van der Waals surface area contributed by atoms with Crippen molar-refractivity contribution in [1.29, 1.82) is 0 Å². The standard InChI is InChI=1S/C24H32N2O2/c1-19(2)12-15-26-16-13-21(14-17-26)25-24(27)11-6-18-28-23-10-5-8-20-7-3-4-9-22(20)23/h3-5,7-10,12,21H,6,11,13-18H2,1-2H3,(H,25,27). The number of fused-ring (bicyclic) bond motifs is 1. The van der Waals surface area contributed by atoms with Crippen molar-refractivity contribution in [3.8, 4) is 5.75 Å². The maximum Gasteiger partial charge on any atom is 0.220 e. The van der Waals surface area contributed by atoms with Crippen LogP contribution in [0, 0.1) is 0 Å². The zero-order chi connectivity index (χ0) is 19.8. The van der Waals surface area contributed by atoms with Crippen LogP contribution in [-0.2, 0) is 4.79 Å². The Morgan fingerprint density at radius 3 is 2.68 bits per heavy atom. The van der Waals surface area contributed by atoms with Gasteiger partial charge in [0.05, 0.1) is 6.61 Å². The van der Waals surface area contributed by atoms with E-state index in [0.717, 1.165) is 50.0 Å². The summed E-state index contributed by atoms with van der Waals surface area (Å²) in [7, 11) is 0. The van der Waals surface area contributed by atoms with Gasteiger partial charge in [-0.1, -0.05) is 48.0 Å². The molecule has 0 spiro atoms. The molecule has 1 aliphatic rings. The molecular formula is C24H32N2O2. The second-order valence-corrected chi connectivity index (χ2v) is 7.85. The maximum atomic E-state index is 12.2. The zero-order valence-electron chi connectivity index (χ0n) is 17.1. The molecule has 150 valence electrons. The zero-order valence-corrected chi connectivity index (χ0v) is 17.1. The van der Waals surface area contributed by atoms with Crippen molar-refractivity contribution in [1.82, 2.24) is 10.2 Å². The monoisotopic (exact) mass is 380 g/mol. The highest BCUT2D eigenvalue weighted by Gasteiger charge is 2.19. The second-order valence-electron chi connectivity index (χ2n) is 7.85. The van der Waals surface area contributed by atoms with E-state index in [0.29, 0.717) is 19.1 Å². The minimum atomic E-state index is 0.143. The maximum absolute atomic E-state index is 12.2. The van der Waals surface area contributed by atoms with Crippen LogP contribution < -0.4 is 10.1 Å². The van der Waals surface area contributed by atoms with Crippen molar-refractivity contribution in [2.75, 3.05) is 26.2 Å². The van der Waals surface area contributed by atoms with Crippen molar-refractivity contribution in [2.24, 2.45) is 0 Å². The predicted molar refractivity (Wildman–Crippen MR) is 116 cm³/mol. The summed E-state index contributed by atoms with van der Waals surface area (Å²) in [5, 5.41) is 5.49. The highest BCUT2D eigenvalue weighted by molar-refractivity contribution is 5.88. The Morgan fingerprint density at radius 2 is 1.89 bits per heavy atom. The summed E-state index contributed by atoms with van der Waals surface area (Å²) < 4.78 is 5.93. The summed E-state index contributed by atoms with van der Waals surface area (Å²) >= 11 is 0. The van der Waals surface area contributed by atoms with Crippen LogP contribution in [0.15, 0.2) is 54.1 Å². The fraction of sp³-hybridized carbons (Fsp3) is 0.458. The average molecular weight is 381 g/mol. The van der Waals surface area contributed by atoms with Crippen molar-refractivity contribution in [2.45, 2.75) is 45.6 Å². The average Bonchev–Trinajstić information content (AvgIpc) is 2.71. The minimum Gasteiger partial charge on any atom is -0.493 e. The molecule has 4 nitrogen and oxygen atoms in total. The van der Waals surface area contributed by atoms with Gasteiger partial charge in [-0.2, -0.15) is 0 Å². The Labute approximate surface area is 168 Å². The Hall–Kier alpha value is -2.33. The summed E-state index contributed by atoms with van der Waals surface area (Å²) in [6.07, 6.45) is 5.59. The first-order valence-electron chi connectivity index (χ1n) is 10.4. The molecule has 3 rings (SSSR count). The van der Waals surface area contributed by atoms with Gasteiger partial charge >= 0.3 is 0 Å². The van der Waals surface area contributed by atoms with E-state index in [9.17, 15) is 4.79 Å². The van der Waals surface area contributed by atoms with Gasteiger partial charge in [0.25, 0.3) is 0 Å². The van der Waals surface area contributed by atoms with E-state index < -0.39 is 0 Å². The quantitative estimate of drug-likeness (QED) is 0.540. The predicted octanol–water partition coefficient (Wildman–Crippen LogP) is 4.55. The number of hydrogen-bond acceptors (Lipinski definition) is 3. The molecule has 1 fully saturated rings. The van der Waals surface area contributed by atoms with Gasteiger partial charge in [-0.15, -0.1) is 0 Å². The lowest BCUT2D eigenvalue weighted by Crippen LogP contribution is -2.44. The number of nitrogens with one attached hydrogen (secondary N) is 1. The first-order valence-corrected chi connectivity index (χ1v) is 10.4. The molecule has 0 bridgehead atoms. The number of hydrogen-bond donors (Lipinski definition) is 1. The lowest BCUT2D eigenvalue weighted by molar-refractivity contribution is -0.122. The molecule has 0 unspecified atom stereocenters. The van der Waals surface area contributed by atoms with Crippen LogP contribution >= 0.6 is 0 Å². The molecule has 1 heterocycles. The van der Waals surface area contributed by atoms with E-state index >= 15 is 0 Å². The SMILES string of the molecule is CC(C)=CCN1CCC(NC(=O)CCCOc2cccc3ccccc23)CC1. The molecule has 28 heavy (non-hydrogen) atoms. The molecule has 0 saturated carbocycles. The lowest BCUT2D eigenvalue weighted by atomic mass is 10.0. The van der Waals surface area contributed by atoms with E-state index in [1.165, 1.54) is 11.0 Å². The summed E-state index contributed by atoms with van der Waals surface area (Å²) in [4.78, 5) is 14.7. The summed E-state index contributed by atoms with van der Waals surface area (Å²) in [6.45, 7) is 7.96. The van der Waals surface area contributed by atoms with Gasteiger partial charge in [-0.05, 0) is 44.6 Å². The van der Waals surface area contributed by atoms with Crippen LogP contribution in [0.4, 0.5) is 0 Å². The fourth-order valence-corrected chi connectivity index (χ4v) is 3.61. The first kappa shape index (κ1) is 20.4. The van der Waals surface area contributed by atoms with Gasteiger partial charge < -0.3 is 10.1 Å². The van der Waals surface area contributed by atoms with Gasteiger partial charge in [0.15, 0.2) is 0 Å². The molecule has 1 amide bonds. The van der Waals surface area contributed by atoms with Crippen LogP contribution in [0.1, 0.15) is 39.5 Å². The van der Waals surface area contributed by atoms with Crippen LogP contribution in [0.3, 0.4) is 0 Å². The highest BCUT2D eigenvalue weighted by atomic mass is 16.5. The molecular weight excluding hydrogens is 348 g/mol. The Morgan fingerprint density at radius 1 is 1.14 bits per heavy atom. The first-order chi connectivity index (χ1) is 13.6. The third-order valence-corrected chi connectivity index (χ3v) is 5.27. The number of amides is 1. The second kappa shape index (κ2) is 10.3. The van der Waals surface area contributed by atoms with Crippen LogP contribution in [-0.4, -0.2) is 43.1 Å². The van der Waals surface area contributed by atoms with Crippen molar-refractivity contribution < 1.29 is 9.53 Å². The molecule has 4 heteroatoms. The van der Waals surface area contributed by atoms with E-state index in [2.05, 4.69) is 48.3 Å². The summed E-state index contributed by atoms with van der Waals surface area (Å²) in [5.41, 5.74) is 1.36. The number of carbonyl (C=O) groups excluding carboxylic acids is 1.